The molecule has 12 heteroatoms. The highest BCUT2D eigenvalue weighted by atomic mass is 32.2. The van der Waals surface area contributed by atoms with E-state index in [1.165, 1.54) is 31.6 Å². The topological polar surface area (TPSA) is 158 Å². The van der Waals surface area contributed by atoms with E-state index in [1.807, 2.05) is 6.07 Å². The maximum atomic E-state index is 14.5. The van der Waals surface area contributed by atoms with Crippen molar-refractivity contribution in [3.8, 4) is 6.07 Å². The van der Waals surface area contributed by atoms with Gasteiger partial charge >= 0.3 is 0 Å². The van der Waals surface area contributed by atoms with Crippen molar-refractivity contribution < 1.29 is 17.2 Å². The van der Waals surface area contributed by atoms with Crippen LogP contribution in [0.15, 0.2) is 36.8 Å². The van der Waals surface area contributed by atoms with Gasteiger partial charge in [-0.15, -0.1) is 0 Å². The molecule has 0 saturated carbocycles. The largest absolute Gasteiger partial charge is 0.384 e. The lowest BCUT2D eigenvalue weighted by atomic mass is 10.0. The van der Waals surface area contributed by atoms with E-state index >= 15 is 0 Å². The Hall–Kier alpha value is -3.72. The van der Waals surface area contributed by atoms with Crippen LogP contribution in [0, 0.1) is 22.6 Å². The van der Waals surface area contributed by atoms with E-state index in [9.17, 15) is 17.2 Å². The summed E-state index contributed by atoms with van der Waals surface area (Å²) >= 11 is 0. The first-order valence-electron chi connectivity index (χ1n) is 9.29. The van der Waals surface area contributed by atoms with Crippen molar-refractivity contribution in [2.45, 2.75) is 24.8 Å². The number of amidine groups is 1. The molecule has 0 amide bonds. The van der Waals surface area contributed by atoms with Gasteiger partial charge < -0.3 is 11.1 Å². The van der Waals surface area contributed by atoms with Gasteiger partial charge in [0, 0.05) is 11.9 Å². The van der Waals surface area contributed by atoms with Gasteiger partial charge in [0.15, 0.2) is 15.7 Å². The number of aromatic nitrogens is 3. The molecular weight excluding hydrogens is 440 g/mol. The maximum Gasteiger partial charge on any atom is 0.263 e. The monoisotopic (exact) mass is 459 g/mol. The van der Waals surface area contributed by atoms with Gasteiger partial charge in [0.05, 0.1) is 16.8 Å². The van der Waals surface area contributed by atoms with Crippen molar-refractivity contribution in [3.63, 3.8) is 0 Å². The minimum Gasteiger partial charge on any atom is -0.384 e. The number of anilines is 2. The lowest BCUT2D eigenvalue weighted by Crippen LogP contribution is -2.45. The number of hydrogen-bond donors (Lipinski definition) is 3. The molecule has 0 radical (unpaired) electrons. The molecule has 3 rings (SSSR count). The molecule has 0 unspecified atom stereocenters. The molecule has 3 aromatic rings. The zero-order chi connectivity index (χ0) is 23.7. The summed E-state index contributed by atoms with van der Waals surface area (Å²) < 4.78 is 53.7. The van der Waals surface area contributed by atoms with Crippen molar-refractivity contribution in [1.29, 1.82) is 10.7 Å². The molecule has 0 aliphatic heterocycles. The van der Waals surface area contributed by atoms with Crippen LogP contribution in [-0.4, -0.2) is 40.0 Å². The van der Waals surface area contributed by atoms with Crippen LogP contribution >= 0.6 is 0 Å². The Balaban J connectivity index is 1.92. The smallest absolute Gasteiger partial charge is 0.263 e. The molecule has 166 valence electrons. The van der Waals surface area contributed by atoms with E-state index in [2.05, 4.69) is 20.3 Å². The van der Waals surface area contributed by atoms with E-state index in [4.69, 9.17) is 16.4 Å². The fourth-order valence-corrected chi connectivity index (χ4v) is 4.46. The van der Waals surface area contributed by atoms with Crippen LogP contribution in [0.1, 0.15) is 30.9 Å². The number of alkyl halides is 1. The second kappa shape index (κ2) is 8.43. The highest BCUT2D eigenvalue weighted by molar-refractivity contribution is 7.93. The molecule has 2 aromatic heterocycles. The number of pyridine rings is 1. The first-order chi connectivity index (χ1) is 15.0. The van der Waals surface area contributed by atoms with Crippen molar-refractivity contribution in [2.75, 3.05) is 11.1 Å². The molecule has 0 aliphatic carbocycles. The molecule has 0 bridgehead atoms. The predicted molar refractivity (Wildman–Crippen MR) is 115 cm³/mol. The summed E-state index contributed by atoms with van der Waals surface area (Å²) in [5, 5.41) is 16.1. The van der Waals surface area contributed by atoms with E-state index < -0.39 is 38.2 Å². The normalized spacial score (nSPS) is 14.3. The van der Waals surface area contributed by atoms with Gasteiger partial charge in [0.2, 0.25) is 0 Å². The van der Waals surface area contributed by atoms with Gasteiger partial charge in [-0.1, -0.05) is 6.92 Å². The molecule has 32 heavy (non-hydrogen) atoms. The van der Waals surface area contributed by atoms with Gasteiger partial charge in [-0.25, -0.2) is 32.2 Å². The number of hydrogen-bond acceptors (Lipinski definition) is 8. The van der Waals surface area contributed by atoms with Gasteiger partial charge in [-0.2, -0.15) is 5.26 Å². The summed E-state index contributed by atoms with van der Waals surface area (Å²) in [5.41, 5.74) is 6.62. The number of nitrogens with one attached hydrogen (secondary N) is 2. The lowest BCUT2D eigenvalue weighted by molar-refractivity contribution is 0.375. The minimum absolute atomic E-state index is 0.0241. The molecule has 2 heterocycles. The number of benzene rings is 1. The van der Waals surface area contributed by atoms with E-state index in [-0.39, 0.29) is 5.56 Å². The number of nitrogens with zero attached hydrogens (tertiary/aromatic N) is 4. The maximum absolute atomic E-state index is 14.5. The van der Waals surface area contributed by atoms with Crippen LogP contribution in [0.3, 0.4) is 0 Å². The van der Waals surface area contributed by atoms with E-state index in [1.54, 1.807) is 6.07 Å². The van der Waals surface area contributed by atoms with Gasteiger partial charge in [0.25, 0.3) is 5.00 Å². The van der Waals surface area contributed by atoms with Crippen molar-refractivity contribution in [3.05, 3.63) is 53.7 Å². The Bertz CT molecular complexity index is 1350. The van der Waals surface area contributed by atoms with Crippen LogP contribution in [0.4, 0.5) is 20.3 Å². The summed E-state index contributed by atoms with van der Waals surface area (Å²) in [6, 6.07) is 7.46. The highest BCUT2D eigenvalue weighted by Crippen LogP contribution is 2.30. The third-order valence-electron chi connectivity index (χ3n) is 4.93. The number of rotatable bonds is 7. The quantitative estimate of drug-likeness (QED) is 0.359. The van der Waals surface area contributed by atoms with Crippen LogP contribution in [0.5, 0.6) is 0 Å². The van der Waals surface area contributed by atoms with Crippen molar-refractivity contribution >= 4 is 38.2 Å². The third kappa shape index (κ3) is 4.33. The van der Waals surface area contributed by atoms with E-state index in [0.29, 0.717) is 35.0 Å². The second-order valence-corrected chi connectivity index (χ2v) is 9.63. The Morgan fingerprint density at radius 1 is 1.34 bits per heavy atom. The van der Waals surface area contributed by atoms with E-state index in [0.717, 1.165) is 6.07 Å². The van der Waals surface area contributed by atoms with Crippen LogP contribution in [0.25, 0.3) is 11.0 Å². The zero-order valence-electron chi connectivity index (χ0n) is 17.1. The first kappa shape index (κ1) is 23.0. The van der Waals surface area contributed by atoms with Crippen LogP contribution < -0.4 is 11.1 Å². The number of nitrogens with two attached hydrogens (primary N) is 1. The van der Waals surface area contributed by atoms with Crippen LogP contribution in [0.2, 0.25) is 0 Å². The number of sulfone groups is 1. The Kier molecular flexibility index (Phi) is 6.05. The summed E-state index contributed by atoms with van der Waals surface area (Å²) in [5.74, 6) is -3.20. The van der Waals surface area contributed by atoms with Gasteiger partial charge in [-0.05, 0) is 42.7 Å². The Labute approximate surface area is 182 Å². The molecule has 0 aliphatic rings. The predicted octanol–water partition coefficient (Wildman–Crippen LogP) is 2.92. The van der Waals surface area contributed by atoms with Crippen molar-refractivity contribution in [2.24, 2.45) is 5.73 Å². The molecule has 9 nitrogen and oxygen atoms in total. The summed E-state index contributed by atoms with van der Waals surface area (Å²) in [7, 11) is -4.49. The number of nitriles is 1. The molecule has 0 fully saturated rings. The first-order valence-corrected chi connectivity index (χ1v) is 10.9. The zero-order valence-corrected chi connectivity index (χ0v) is 17.9. The average molecular weight is 459 g/mol. The van der Waals surface area contributed by atoms with Crippen LogP contribution in [-0.2, 0) is 9.84 Å². The summed E-state index contributed by atoms with van der Waals surface area (Å²) in [6.45, 7) is 2.12. The molecule has 4 N–H and O–H groups in total. The van der Waals surface area contributed by atoms with Crippen molar-refractivity contribution in [1.82, 2.24) is 15.0 Å². The third-order valence-corrected chi connectivity index (χ3v) is 7.26. The standard InChI is InChI=1S/C20H19F2N7O2S/c1-11(9-32(30,31)20(2,22)19(24)25)14-6-13(3-4-15(14)21)29-18-17-16(27-10-28-18)5-12(7-23)8-26-17/h3-6,8,10-11H,9H2,1-2H3,(H3,24,25)(H,27,28,29)/t11-,20-/m1/s1. The van der Waals surface area contributed by atoms with Gasteiger partial charge in [-0.3, -0.25) is 5.41 Å². The summed E-state index contributed by atoms with van der Waals surface area (Å²) in [6.07, 6.45) is 2.64. The Morgan fingerprint density at radius 2 is 2.06 bits per heavy atom. The molecule has 0 spiro atoms. The summed E-state index contributed by atoms with van der Waals surface area (Å²) in [4.78, 5) is 12.4. The molecule has 2 atom stereocenters. The molecule has 1 aromatic carbocycles. The fraction of sp³-hybridized carbons (Fsp3) is 0.250. The molecule has 0 saturated heterocycles. The minimum atomic E-state index is -4.49. The number of halogens is 2. The lowest BCUT2D eigenvalue weighted by Gasteiger charge is -2.22. The highest BCUT2D eigenvalue weighted by Gasteiger charge is 2.43. The fourth-order valence-electron chi connectivity index (χ4n) is 2.98. The Morgan fingerprint density at radius 3 is 2.72 bits per heavy atom. The second-order valence-electron chi connectivity index (χ2n) is 7.30. The SMILES string of the molecule is C[C@H](CS(=O)(=O)[C@@](C)(F)C(=N)N)c1cc(Nc2ncnc3cc(C#N)cnc23)ccc1F. The average Bonchev–Trinajstić information content (AvgIpc) is 2.74. The van der Waals surface area contributed by atoms with Gasteiger partial charge in [0.1, 0.15) is 29.6 Å². The molecular formula is C20H19F2N7O2S. The number of fused-ring (bicyclic) bond motifs is 1.